The number of aromatic nitrogens is 1. The van der Waals surface area contributed by atoms with Crippen LogP contribution >= 0.6 is 0 Å². The van der Waals surface area contributed by atoms with E-state index in [-0.39, 0.29) is 11.3 Å². The molecule has 0 aliphatic rings. The van der Waals surface area contributed by atoms with Crippen LogP contribution in [-0.2, 0) is 0 Å². The van der Waals surface area contributed by atoms with Gasteiger partial charge in [-0.25, -0.2) is 0 Å². The number of carbonyl (C=O) groups excluding carboxylic acids is 1. The number of aldehydes is 1. The average molecular weight is 248 g/mol. The molecule has 0 aliphatic carbocycles. The second-order valence-corrected chi connectivity index (χ2v) is 3.76. The van der Waals surface area contributed by atoms with Crippen LogP contribution in [0.3, 0.4) is 0 Å². The molecule has 2 heterocycles. The minimum atomic E-state index is -0.115. The van der Waals surface area contributed by atoms with Gasteiger partial charge in [0.1, 0.15) is 5.58 Å². The van der Waals surface area contributed by atoms with Gasteiger partial charge in [0, 0.05) is 20.2 Å². The Morgan fingerprint density at radius 2 is 2.22 bits per heavy atom. The molecule has 1 aromatic carbocycles. The van der Waals surface area contributed by atoms with Gasteiger partial charge in [0.2, 0.25) is 18.1 Å². The molecule has 3 rings (SSSR count). The third kappa shape index (κ3) is 1.32. The third-order valence-electron chi connectivity index (χ3n) is 2.75. The van der Waals surface area contributed by atoms with Gasteiger partial charge in [0.15, 0.2) is 11.9 Å². The van der Waals surface area contributed by atoms with E-state index in [4.69, 9.17) is 4.42 Å². The SMILES string of the molecule is O=Cc1ccc(OF)c2oc3cc[n+](O)cc3c12. The van der Waals surface area contributed by atoms with Crippen molar-refractivity contribution in [2.24, 2.45) is 0 Å². The van der Waals surface area contributed by atoms with Crippen molar-refractivity contribution in [3.63, 3.8) is 0 Å². The second kappa shape index (κ2) is 3.69. The van der Waals surface area contributed by atoms with Crippen LogP contribution in [0.1, 0.15) is 10.4 Å². The summed E-state index contributed by atoms with van der Waals surface area (Å²) in [6.45, 7) is 0. The topological polar surface area (TPSA) is 63.5 Å². The summed E-state index contributed by atoms with van der Waals surface area (Å²) < 4.78 is 18.6. The van der Waals surface area contributed by atoms with Gasteiger partial charge in [-0.2, -0.15) is 0 Å². The highest BCUT2D eigenvalue weighted by Gasteiger charge is 2.18. The van der Waals surface area contributed by atoms with E-state index in [2.05, 4.69) is 4.94 Å². The Hall–Kier alpha value is -2.63. The number of hydrogen-bond donors (Lipinski definition) is 1. The number of furan rings is 1. The quantitative estimate of drug-likeness (QED) is 0.429. The lowest BCUT2D eigenvalue weighted by Gasteiger charge is -1.97. The van der Waals surface area contributed by atoms with Crippen molar-refractivity contribution >= 4 is 28.2 Å². The molecule has 90 valence electrons. The Morgan fingerprint density at radius 1 is 1.39 bits per heavy atom. The zero-order valence-electron chi connectivity index (χ0n) is 8.96. The average Bonchev–Trinajstić information content (AvgIpc) is 2.76. The molecule has 0 radical (unpaired) electrons. The van der Waals surface area contributed by atoms with Gasteiger partial charge in [0.25, 0.3) is 0 Å². The summed E-state index contributed by atoms with van der Waals surface area (Å²) in [5.41, 5.74) is 0.877. The Balaban J connectivity index is 2.56. The van der Waals surface area contributed by atoms with E-state index in [1.165, 1.54) is 30.6 Å². The van der Waals surface area contributed by atoms with Crippen LogP contribution in [0, 0.1) is 0 Å². The highest BCUT2D eigenvalue weighted by atomic mass is 19.3. The number of halogens is 1. The summed E-state index contributed by atoms with van der Waals surface area (Å²) in [6, 6.07) is 4.24. The van der Waals surface area contributed by atoms with E-state index in [1.807, 2.05) is 0 Å². The molecule has 0 spiro atoms. The molecule has 0 saturated heterocycles. The van der Waals surface area contributed by atoms with Gasteiger partial charge in [0.05, 0.1) is 11.5 Å². The van der Waals surface area contributed by atoms with Crippen LogP contribution in [0.4, 0.5) is 4.53 Å². The van der Waals surface area contributed by atoms with Crippen molar-refractivity contribution in [3.8, 4) is 5.75 Å². The molecular formula is C12H7FNO4+. The molecule has 0 atom stereocenters. The van der Waals surface area contributed by atoms with E-state index in [1.54, 1.807) is 0 Å². The maximum Gasteiger partial charge on any atom is 0.233 e. The predicted octanol–water partition coefficient (Wildman–Crippen LogP) is 2.19. The molecule has 18 heavy (non-hydrogen) atoms. The molecule has 6 heteroatoms. The van der Waals surface area contributed by atoms with Crippen molar-refractivity contribution in [2.75, 3.05) is 0 Å². The first-order valence-corrected chi connectivity index (χ1v) is 5.08. The van der Waals surface area contributed by atoms with E-state index in [9.17, 15) is 14.5 Å². The number of carbonyl (C=O) groups is 1. The minimum absolute atomic E-state index is 0.115. The second-order valence-electron chi connectivity index (χ2n) is 3.76. The fraction of sp³-hybridized carbons (Fsp3) is 0. The monoisotopic (exact) mass is 248 g/mol. The summed E-state index contributed by atoms with van der Waals surface area (Å²) in [4.78, 5) is 14.7. The third-order valence-corrected chi connectivity index (χ3v) is 2.75. The van der Waals surface area contributed by atoms with Gasteiger partial charge >= 0.3 is 0 Å². The first kappa shape index (κ1) is 10.5. The number of fused-ring (bicyclic) bond motifs is 3. The van der Waals surface area contributed by atoms with Crippen molar-refractivity contribution in [1.29, 1.82) is 0 Å². The molecule has 0 unspecified atom stereocenters. The lowest BCUT2D eigenvalue weighted by Crippen LogP contribution is -2.27. The summed E-state index contributed by atoms with van der Waals surface area (Å²) in [5, 5.41) is 10.3. The highest BCUT2D eigenvalue weighted by molar-refractivity contribution is 6.13. The fourth-order valence-electron chi connectivity index (χ4n) is 1.98. The molecule has 0 saturated carbocycles. The molecular weight excluding hydrogens is 241 g/mol. The van der Waals surface area contributed by atoms with Crippen LogP contribution in [0.5, 0.6) is 5.75 Å². The Kier molecular flexibility index (Phi) is 2.16. The van der Waals surface area contributed by atoms with Crippen LogP contribution in [0.15, 0.2) is 35.0 Å². The number of hydrogen-bond acceptors (Lipinski definition) is 4. The first-order valence-electron chi connectivity index (χ1n) is 5.08. The van der Waals surface area contributed by atoms with Crippen LogP contribution in [0.2, 0.25) is 0 Å². The standard InChI is InChI=1S/C12H7FNO4/c13-18-10-2-1-7(6-15)11-8-5-14(16)4-3-9(8)17-12(10)11/h1-6,16H/q+1. The van der Waals surface area contributed by atoms with Gasteiger partial charge in [-0.3, -0.25) is 14.9 Å². The van der Waals surface area contributed by atoms with E-state index in [0.29, 0.717) is 28.2 Å². The Morgan fingerprint density at radius 3 is 2.94 bits per heavy atom. The van der Waals surface area contributed by atoms with Gasteiger partial charge in [-0.15, -0.1) is 0 Å². The van der Waals surface area contributed by atoms with Crippen molar-refractivity contribution in [1.82, 2.24) is 0 Å². The zero-order chi connectivity index (χ0) is 12.7. The summed E-state index contributed by atoms with van der Waals surface area (Å²) in [5.74, 6) is -0.115. The van der Waals surface area contributed by atoms with Crippen LogP contribution < -0.4 is 9.67 Å². The van der Waals surface area contributed by atoms with Gasteiger partial charge in [-0.05, 0) is 12.1 Å². The van der Waals surface area contributed by atoms with Crippen LogP contribution in [-0.4, -0.2) is 11.5 Å². The first-order chi connectivity index (χ1) is 8.74. The van der Waals surface area contributed by atoms with Crippen molar-refractivity contribution < 1.29 is 28.6 Å². The Labute approximate surface area is 99.5 Å². The largest absolute Gasteiger partial charge is 0.451 e. The number of rotatable bonds is 2. The molecule has 3 aromatic rings. The lowest BCUT2D eigenvalue weighted by atomic mass is 10.1. The van der Waals surface area contributed by atoms with Crippen LogP contribution in [0.25, 0.3) is 21.9 Å². The molecule has 5 nitrogen and oxygen atoms in total. The minimum Gasteiger partial charge on any atom is -0.451 e. The van der Waals surface area contributed by atoms with E-state index in [0.717, 1.165) is 4.73 Å². The molecule has 1 N–H and O–H groups in total. The normalized spacial score (nSPS) is 10.9. The number of pyridine rings is 1. The highest BCUT2D eigenvalue weighted by Crippen LogP contribution is 2.35. The summed E-state index contributed by atoms with van der Waals surface area (Å²) in [6.07, 6.45) is 3.37. The van der Waals surface area contributed by atoms with Crippen molar-refractivity contribution in [2.45, 2.75) is 0 Å². The Bertz CT molecular complexity index is 765. The van der Waals surface area contributed by atoms with E-state index < -0.39 is 0 Å². The van der Waals surface area contributed by atoms with Gasteiger partial charge in [-0.1, -0.05) is 0 Å². The maximum absolute atomic E-state index is 12.4. The van der Waals surface area contributed by atoms with Crippen molar-refractivity contribution in [3.05, 3.63) is 36.2 Å². The lowest BCUT2D eigenvalue weighted by molar-refractivity contribution is -0.903. The van der Waals surface area contributed by atoms with E-state index >= 15 is 0 Å². The predicted molar refractivity (Wildman–Crippen MR) is 58.2 cm³/mol. The smallest absolute Gasteiger partial charge is 0.233 e. The molecule has 2 aromatic heterocycles. The molecule has 0 amide bonds. The number of benzene rings is 1. The molecule has 0 aliphatic heterocycles. The zero-order valence-corrected chi connectivity index (χ0v) is 8.96. The molecule has 0 bridgehead atoms. The fourth-order valence-corrected chi connectivity index (χ4v) is 1.98. The maximum atomic E-state index is 12.4. The van der Waals surface area contributed by atoms with Gasteiger partial charge < -0.3 is 4.42 Å². The summed E-state index contributed by atoms with van der Waals surface area (Å²) >= 11 is 0. The molecule has 0 fully saturated rings. The summed E-state index contributed by atoms with van der Waals surface area (Å²) in [7, 11) is 0. The number of nitrogens with zero attached hydrogens (tertiary/aromatic N) is 1.